The first-order chi connectivity index (χ1) is 13.2. The van der Waals surface area contributed by atoms with E-state index >= 15 is 0 Å². The molecule has 28 heavy (non-hydrogen) atoms. The van der Waals surface area contributed by atoms with Crippen LogP contribution in [0.15, 0.2) is 48.5 Å². The van der Waals surface area contributed by atoms with Gasteiger partial charge < -0.3 is 9.64 Å². The summed E-state index contributed by atoms with van der Waals surface area (Å²) >= 11 is 0. The molecule has 1 saturated heterocycles. The van der Waals surface area contributed by atoms with Gasteiger partial charge in [-0.2, -0.15) is 0 Å². The highest BCUT2D eigenvalue weighted by atomic mass is 32.2. The Balaban J connectivity index is 1.59. The molecule has 5 heteroatoms. The summed E-state index contributed by atoms with van der Waals surface area (Å²) in [5, 5.41) is 0. The third kappa shape index (κ3) is 5.36. The third-order valence-electron chi connectivity index (χ3n) is 5.30. The Labute approximate surface area is 169 Å². The normalized spacial score (nSPS) is 15.6. The van der Waals surface area contributed by atoms with Crippen molar-refractivity contribution in [2.24, 2.45) is 0 Å². The van der Waals surface area contributed by atoms with Crippen molar-refractivity contribution in [3.63, 3.8) is 0 Å². The molecule has 3 rings (SSSR count). The number of hydrogen-bond donors (Lipinski definition) is 0. The number of sulfone groups is 1. The van der Waals surface area contributed by atoms with Gasteiger partial charge in [0.1, 0.15) is 0 Å². The maximum Gasteiger partial charge on any atom is 0.159 e. The van der Waals surface area contributed by atoms with Crippen LogP contribution < -0.4 is 4.90 Å². The Hall–Kier alpha value is -1.85. The van der Waals surface area contributed by atoms with Gasteiger partial charge in [0.05, 0.1) is 23.7 Å². The van der Waals surface area contributed by atoms with Crippen molar-refractivity contribution < 1.29 is 13.2 Å². The summed E-state index contributed by atoms with van der Waals surface area (Å²) in [6.07, 6.45) is 1.91. The van der Waals surface area contributed by atoms with Crippen LogP contribution in [0.5, 0.6) is 0 Å². The van der Waals surface area contributed by atoms with Crippen molar-refractivity contribution >= 4 is 15.5 Å². The van der Waals surface area contributed by atoms with Crippen LogP contribution in [0.4, 0.5) is 5.69 Å². The first-order valence-corrected chi connectivity index (χ1v) is 11.6. The van der Waals surface area contributed by atoms with Gasteiger partial charge in [-0.3, -0.25) is 0 Å². The molecule has 1 fully saturated rings. The second-order valence-electron chi connectivity index (χ2n) is 8.46. The molecule has 0 spiro atoms. The van der Waals surface area contributed by atoms with E-state index in [0.717, 1.165) is 44.7 Å². The van der Waals surface area contributed by atoms with Crippen molar-refractivity contribution in [1.82, 2.24) is 0 Å². The minimum atomic E-state index is -3.15. The zero-order chi connectivity index (χ0) is 20.2. The Bertz CT molecular complexity index is 877. The summed E-state index contributed by atoms with van der Waals surface area (Å²) in [4.78, 5) is 2.37. The lowest BCUT2D eigenvalue weighted by Gasteiger charge is -2.29. The van der Waals surface area contributed by atoms with Gasteiger partial charge in [-0.15, -0.1) is 0 Å². The number of rotatable bonds is 6. The Kier molecular flexibility index (Phi) is 6.46. The second kappa shape index (κ2) is 8.66. The predicted molar refractivity (Wildman–Crippen MR) is 116 cm³/mol. The van der Waals surface area contributed by atoms with Gasteiger partial charge in [0.15, 0.2) is 9.84 Å². The van der Waals surface area contributed by atoms with Gasteiger partial charge >= 0.3 is 0 Å². The largest absolute Gasteiger partial charge is 0.378 e. The molecule has 0 radical (unpaired) electrons. The van der Waals surface area contributed by atoms with Crippen LogP contribution in [0.1, 0.15) is 37.5 Å². The molecule has 2 aromatic rings. The molecule has 4 nitrogen and oxygen atoms in total. The smallest absolute Gasteiger partial charge is 0.159 e. The lowest BCUT2D eigenvalue weighted by atomic mass is 10.0. The molecule has 0 saturated carbocycles. The van der Waals surface area contributed by atoms with Crippen LogP contribution >= 0.6 is 0 Å². The summed E-state index contributed by atoms with van der Waals surface area (Å²) in [5.41, 5.74) is 4.67. The lowest BCUT2D eigenvalue weighted by molar-refractivity contribution is 0.122. The molecule has 0 amide bonds. The lowest BCUT2D eigenvalue weighted by Crippen LogP contribution is -2.36. The number of aryl methyl sites for hydroxylation is 2. The Morgan fingerprint density at radius 2 is 1.50 bits per heavy atom. The van der Waals surface area contributed by atoms with Crippen LogP contribution in [0.3, 0.4) is 0 Å². The van der Waals surface area contributed by atoms with Gasteiger partial charge in [0, 0.05) is 18.8 Å². The SMILES string of the molecule is CC(C)(C)S(=O)(=O)Cc1ccc(CCc2cccc(N3CCOCC3)c2)cc1. The molecule has 0 bridgehead atoms. The highest BCUT2D eigenvalue weighted by Crippen LogP contribution is 2.22. The van der Waals surface area contributed by atoms with E-state index < -0.39 is 14.6 Å². The Morgan fingerprint density at radius 3 is 2.14 bits per heavy atom. The molecule has 2 aromatic carbocycles. The minimum absolute atomic E-state index is 0.0956. The second-order valence-corrected chi connectivity index (χ2v) is 11.2. The predicted octanol–water partition coefficient (Wildman–Crippen LogP) is 4.02. The van der Waals surface area contributed by atoms with Gasteiger partial charge in [0.2, 0.25) is 0 Å². The molecule has 0 unspecified atom stereocenters. The molecule has 0 aliphatic carbocycles. The first-order valence-electron chi connectivity index (χ1n) is 9.96. The number of benzene rings is 2. The molecule has 1 aliphatic heterocycles. The van der Waals surface area contributed by atoms with Crippen molar-refractivity contribution in [2.45, 2.75) is 44.1 Å². The van der Waals surface area contributed by atoms with E-state index in [1.165, 1.54) is 16.8 Å². The number of nitrogens with zero attached hydrogens (tertiary/aromatic N) is 1. The van der Waals surface area contributed by atoms with Crippen LogP contribution in [0.25, 0.3) is 0 Å². The summed E-state index contributed by atoms with van der Waals surface area (Å²) in [5.74, 6) is 0.0956. The summed E-state index contributed by atoms with van der Waals surface area (Å²) in [6.45, 7) is 8.74. The molecule has 1 aliphatic rings. The van der Waals surface area contributed by atoms with E-state index in [9.17, 15) is 8.42 Å². The maximum atomic E-state index is 12.4. The molecule has 152 valence electrons. The maximum absolute atomic E-state index is 12.4. The topological polar surface area (TPSA) is 46.6 Å². The van der Waals surface area contributed by atoms with Gasteiger partial charge in [0.25, 0.3) is 0 Å². The van der Waals surface area contributed by atoms with Crippen molar-refractivity contribution in [3.05, 3.63) is 65.2 Å². The van der Waals surface area contributed by atoms with Crippen LogP contribution in [0.2, 0.25) is 0 Å². The number of hydrogen-bond acceptors (Lipinski definition) is 4. The molecular formula is C23H31NO3S. The first kappa shape index (κ1) is 20.9. The van der Waals surface area contributed by atoms with E-state index in [1.54, 1.807) is 20.8 Å². The van der Waals surface area contributed by atoms with E-state index in [0.29, 0.717) is 0 Å². The van der Waals surface area contributed by atoms with Gasteiger partial charge in [-0.05, 0) is 62.4 Å². The third-order valence-corrected chi connectivity index (χ3v) is 7.88. The van der Waals surface area contributed by atoms with Crippen LogP contribution in [-0.2, 0) is 33.2 Å². The average molecular weight is 402 g/mol. The number of ether oxygens (including phenoxy) is 1. The summed E-state index contributed by atoms with van der Waals surface area (Å²) in [6, 6.07) is 16.7. The standard InChI is InChI=1S/C23H31NO3S/c1-23(2,3)28(25,26)18-21-11-8-19(9-12-21)7-10-20-5-4-6-22(17-20)24-13-15-27-16-14-24/h4-6,8-9,11-12,17H,7,10,13-16,18H2,1-3H3. The zero-order valence-electron chi connectivity index (χ0n) is 17.1. The van der Waals surface area contributed by atoms with Crippen molar-refractivity contribution in [2.75, 3.05) is 31.2 Å². The quantitative estimate of drug-likeness (QED) is 0.733. The van der Waals surface area contributed by atoms with E-state index in [-0.39, 0.29) is 5.75 Å². The Morgan fingerprint density at radius 1 is 0.893 bits per heavy atom. The number of morpholine rings is 1. The minimum Gasteiger partial charge on any atom is -0.378 e. The van der Waals surface area contributed by atoms with Crippen LogP contribution in [0, 0.1) is 0 Å². The summed E-state index contributed by atoms with van der Waals surface area (Å²) < 4.78 is 29.4. The molecular weight excluding hydrogens is 370 g/mol. The van der Waals surface area contributed by atoms with E-state index in [1.807, 2.05) is 12.1 Å². The molecule has 0 atom stereocenters. The molecule has 1 heterocycles. The fourth-order valence-corrected chi connectivity index (χ4v) is 4.32. The van der Waals surface area contributed by atoms with Crippen LogP contribution in [-0.4, -0.2) is 39.5 Å². The van der Waals surface area contributed by atoms with E-state index in [2.05, 4.69) is 41.3 Å². The monoisotopic (exact) mass is 401 g/mol. The number of anilines is 1. The zero-order valence-corrected chi connectivity index (χ0v) is 18.0. The van der Waals surface area contributed by atoms with Gasteiger partial charge in [-0.1, -0.05) is 36.4 Å². The molecule has 0 aromatic heterocycles. The fraction of sp³-hybridized carbons (Fsp3) is 0.478. The average Bonchev–Trinajstić information content (AvgIpc) is 2.67. The van der Waals surface area contributed by atoms with Crippen molar-refractivity contribution in [1.29, 1.82) is 0 Å². The fourth-order valence-electron chi connectivity index (χ4n) is 3.26. The highest BCUT2D eigenvalue weighted by Gasteiger charge is 2.28. The van der Waals surface area contributed by atoms with Gasteiger partial charge in [-0.25, -0.2) is 8.42 Å². The van der Waals surface area contributed by atoms with Crippen molar-refractivity contribution in [3.8, 4) is 0 Å². The van der Waals surface area contributed by atoms with E-state index in [4.69, 9.17) is 4.74 Å². The highest BCUT2D eigenvalue weighted by molar-refractivity contribution is 7.91. The summed E-state index contributed by atoms with van der Waals surface area (Å²) in [7, 11) is -3.15. The molecule has 0 N–H and O–H groups in total.